The summed E-state index contributed by atoms with van der Waals surface area (Å²) in [5.41, 5.74) is 2.36. The summed E-state index contributed by atoms with van der Waals surface area (Å²) in [5, 5.41) is 9.67. The maximum atomic E-state index is 12.1. The Labute approximate surface area is 140 Å². The van der Waals surface area contributed by atoms with Gasteiger partial charge in [0.25, 0.3) is 5.91 Å². The first kappa shape index (κ1) is 17.2. The highest BCUT2D eigenvalue weighted by Gasteiger charge is 2.09. The molecule has 6 heteroatoms. The van der Waals surface area contributed by atoms with Gasteiger partial charge in [0.2, 0.25) is 5.91 Å². The molecule has 0 aliphatic rings. The predicted octanol–water partition coefficient (Wildman–Crippen LogP) is 2.57. The number of benzene rings is 1. The molecule has 0 unspecified atom stereocenters. The molecule has 1 heterocycles. The highest BCUT2D eigenvalue weighted by atomic mass is 32.1. The lowest BCUT2D eigenvalue weighted by Gasteiger charge is -2.15. The maximum absolute atomic E-state index is 12.1. The molecule has 23 heavy (non-hydrogen) atoms. The van der Waals surface area contributed by atoms with Crippen LogP contribution in [0.25, 0.3) is 0 Å². The fourth-order valence-electron chi connectivity index (χ4n) is 2.20. The molecular formula is C17H21N3O2S. The highest BCUT2D eigenvalue weighted by molar-refractivity contribution is 7.07. The van der Waals surface area contributed by atoms with Crippen LogP contribution in [0.1, 0.15) is 22.8 Å². The van der Waals surface area contributed by atoms with Gasteiger partial charge >= 0.3 is 0 Å². The molecule has 0 bridgehead atoms. The quantitative estimate of drug-likeness (QED) is 0.820. The average Bonchev–Trinajstić information content (AvgIpc) is 3.00. The van der Waals surface area contributed by atoms with Crippen molar-refractivity contribution < 1.29 is 9.59 Å². The molecule has 0 aliphatic heterocycles. The number of nitrogens with zero attached hydrogens (tertiary/aromatic N) is 1. The monoisotopic (exact) mass is 331 g/mol. The molecule has 1 aromatic heterocycles. The largest absolute Gasteiger partial charge is 0.352 e. The van der Waals surface area contributed by atoms with Crippen LogP contribution >= 0.6 is 11.3 Å². The molecule has 1 aromatic carbocycles. The molecule has 0 radical (unpaired) electrons. The lowest BCUT2D eigenvalue weighted by molar-refractivity contribution is -0.117. The van der Waals surface area contributed by atoms with Gasteiger partial charge in [0.05, 0.1) is 6.54 Å². The van der Waals surface area contributed by atoms with E-state index in [1.165, 1.54) is 5.56 Å². The first-order chi connectivity index (χ1) is 11.1. The number of carbonyl (C=O) groups excluding carboxylic acids is 2. The van der Waals surface area contributed by atoms with E-state index >= 15 is 0 Å². The fourth-order valence-corrected chi connectivity index (χ4v) is 2.86. The van der Waals surface area contributed by atoms with Gasteiger partial charge in [-0.2, -0.15) is 11.3 Å². The molecule has 0 saturated carbocycles. The average molecular weight is 331 g/mol. The summed E-state index contributed by atoms with van der Waals surface area (Å²) in [4.78, 5) is 25.9. The van der Waals surface area contributed by atoms with E-state index in [1.807, 2.05) is 24.3 Å². The van der Waals surface area contributed by atoms with E-state index in [1.54, 1.807) is 35.6 Å². The van der Waals surface area contributed by atoms with E-state index in [0.29, 0.717) is 24.3 Å². The van der Waals surface area contributed by atoms with Gasteiger partial charge in [0, 0.05) is 24.3 Å². The minimum absolute atomic E-state index is 0.101. The minimum Gasteiger partial charge on any atom is -0.352 e. The van der Waals surface area contributed by atoms with Crippen LogP contribution in [0.15, 0.2) is 41.1 Å². The maximum Gasteiger partial charge on any atom is 0.251 e. The number of anilines is 1. The summed E-state index contributed by atoms with van der Waals surface area (Å²) >= 11 is 1.65. The molecule has 2 rings (SSSR count). The molecule has 2 amide bonds. The third kappa shape index (κ3) is 5.50. The Morgan fingerprint density at radius 3 is 2.78 bits per heavy atom. The van der Waals surface area contributed by atoms with Crippen LogP contribution in [0.4, 0.5) is 5.69 Å². The first-order valence-corrected chi connectivity index (χ1v) is 8.40. The van der Waals surface area contributed by atoms with E-state index in [4.69, 9.17) is 0 Å². The van der Waals surface area contributed by atoms with E-state index in [0.717, 1.165) is 6.54 Å². The standard InChI is InChI=1S/C17H21N3O2S/c1-3-18-17(22)14-5-4-6-15(9-14)19-16(21)11-20(2)10-13-7-8-23-12-13/h4-9,12H,3,10-11H2,1-2H3,(H,18,22)(H,19,21). The Balaban J connectivity index is 1.89. The normalized spacial score (nSPS) is 10.6. The van der Waals surface area contributed by atoms with Gasteiger partial charge < -0.3 is 10.6 Å². The van der Waals surface area contributed by atoms with Gasteiger partial charge in [-0.15, -0.1) is 0 Å². The second-order valence-electron chi connectivity index (χ2n) is 5.29. The van der Waals surface area contributed by atoms with E-state index in [2.05, 4.69) is 22.1 Å². The van der Waals surface area contributed by atoms with Crippen molar-refractivity contribution in [3.63, 3.8) is 0 Å². The molecule has 0 aliphatic carbocycles. The molecule has 2 aromatic rings. The van der Waals surface area contributed by atoms with Gasteiger partial charge in [-0.05, 0) is 54.6 Å². The van der Waals surface area contributed by atoms with Crippen molar-refractivity contribution in [2.75, 3.05) is 25.5 Å². The fraction of sp³-hybridized carbons (Fsp3) is 0.294. The number of amides is 2. The van der Waals surface area contributed by atoms with E-state index in [9.17, 15) is 9.59 Å². The number of thiophene rings is 1. The van der Waals surface area contributed by atoms with Crippen LogP contribution in [0.2, 0.25) is 0 Å². The Bertz CT molecular complexity index is 656. The summed E-state index contributed by atoms with van der Waals surface area (Å²) in [6.45, 7) is 3.47. The molecule has 5 nitrogen and oxygen atoms in total. The lowest BCUT2D eigenvalue weighted by Crippen LogP contribution is -2.29. The molecule has 0 atom stereocenters. The predicted molar refractivity (Wildman–Crippen MR) is 93.7 cm³/mol. The SMILES string of the molecule is CCNC(=O)c1cccc(NC(=O)CN(C)Cc2ccsc2)c1. The van der Waals surface area contributed by atoms with Gasteiger partial charge in [-0.25, -0.2) is 0 Å². The molecule has 0 fully saturated rings. The zero-order valence-corrected chi connectivity index (χ0v) is 14.2. The topological polar surface area (TPSA) is 61.4 Å². The van der Waals surface area contributed by atoms with Crippen molar-refractivity contribution in [2.24, 2.45) is 0 Å². The van der Waals surface area contributed by atoms with Crippen LogP contribution in [0.5, 0.6) is 0 Å². The number of hydrogen-bond donors (Lipinski definition) is 2. The Morgan fingerprint density at radius 2 is 2.09 bits per heavy atom. The number of rotatable bonds is 7. The second-order valence-corrected chi connectivity index (χ2v) is 6.07. The number of carbonyl (C=O) groups is 2. The summed E-state index contributed by atoms with van der Waals surface area (Å²) in [6.07, 6.45) is 0. The molecule has 0 spiro atoms. The molecule has 0 saturated heterocycles. The van der Waals surface area contributed by atoms with Crippen molar-refractivity contribution in [1.82, 2.24) is 10.2 Å². The van der Waals surface area contributed by atoms with Crippen molar-refractivity contribution in [2.45, 2.75) is 13.5 Å². The van der Waals surface area contributed by atoms with Crippen LogP contribution in [0.3, 0.4) is 0 Å². The van der Waals surface area contributed by atoms with Gasteiger partial charge in [-0.3, -0.25) is 14.5 Å². The van der Waals surface area contributed by atoms with Crippen LogP contribution in [-0.4, -0.2) is 36.9 Å². The Morgan fingerprint density at radius 1 is 1.26 bits per heavy atom. The molecular weight excluding hydrogens is 310 g/mol. The number of likely N-dealkylation sites (N-methyl/N-ethyl adjacent to an activating group) is 1. The summed E-state index contributed by atoms with van der Waals surface area (Å²) in [5.74, 6) is -0.242. The smallest absolute Gasteiger partial charge is 0.251 e. The van der Waals surface area contributed by atoms with Gasteiger partial charge in [0.15, 0.2) is 0 Å². The van der Waals surface area contributed by atoms with Crippen molar-refractivity contribution >= 4 is 28.8 Å². The zero-order valence-electron chi connectivity index (χ0n) is 13.3. The van der Waals surface area contributed by atoms with Crippen molar-refractivity contribution in [3.8, 4) is 0 Å². The minimum atomic E-state index is -0.141. The van der Waals surface area contributed by atoms with Crippen molar-refractivity contribution in [3.05, 3.63) is 52.2 Å². The molecule has 2 N–H and O–H groups in total. The van der Waals surface area contributed by atoms with Crippen LogP contribution in [-0.2, 0) is 11.3 Å². The Hall–Kier alpha value is -2.18. The summed E-state index contributed by atoms with van der Waals surface area (Å²) in [7, 11) is 1.91. The summed E-state index contributed by atoms with van der Waals surface area (Å²) in [6, 6.07) is 8.99. The number of nitrogens with one attached hydrogen (secondary N) is 2. The zero-order chi connectivity index (χ0) is 16.7. The third-order valence-corrected chi connectivity index (χ3v) is 3.92. The summed E-state index contributed by atoms with van der Waals surface area (Å²) < 4.78 is 0. The Kier molecular flexibility index (Phi) is 6.31. The van der Waals surface area contributed by atoms with Crippen LogP contribution < -0.4 is 10.6 Å². The first-order valence-electron chi connectivity index (χ1n) is 7.46. The number of hydrogen-bond acceptors (Lipinski definition) is 4. The van der Waals surface area contributed by atoms with Gasteiger partial charge in [-0.1, -0.05) is 6.07 Å². The highest BCUT2D eigenvalue weighted by Crippen LogP contribution is 2.11. The van der Waals surface area contributed by atoms with Gasteiger partial charge in [0.1, 0.15) is 0 Å². The second kappa shape index (κ2) is 8.45. The van der Waals surface area contributed by atoms with Crippen LogP contribution in [0, 0.1) is 0 Å². The van der Waals surface area contributed by atoms with E-state index in [-0.39, 0.29) is 11.8 Å². The third-order valence-electron chi connectivity index (χ3n) is 3.19. The lowest BCUT2D eigenvalue weighted by atomic mass is 10.2. The molecule has 122 valence electrons. The van der Waals surface area contributed by atoms with Crippen molar-refractivity contribution in [1.29, 1.82) is 0 Å². The van der Waals surface area contributed by atoms with E-state index < -0.39 is 0 Å².